The Labute approximate surface area is 106 Å². The SMILES string of the molecule is CCn1nc(C)c([N+](=O)[O-])c1NC1(C)CCNC1. The molecule has 1 aliphatic rings. The zero-order chi connectivity index (χ0) is 13.3. The molecule has 0 amide bonds. The van der Waals surface area contributed by atoms with Crippen LogP contribution in [-0.4, -0.2) is 33.3 Å². The van der Waals surface area contributed by atoms with Crippen LogP contribution in [0.25, 0.3) is 0 Å². The van der Waals surface area contributed by atoms with Gasteiger partial charge in [0, 0.05) is 18.6 Å². The first-order chi connectivity index (χ1) is 8.47. The summed E-state index contributed by atoms with van der Waals surface area (Å²) in [6.07, 6.45) is 0.943. The average molecular weight is 253 g/mol. The van der Waals surface area contributed by atoms with Crippen LogP contribution in [-0.2, 0) is 6.54 Å². The van der Waals surface area contributed by atoms with Gasteiger partial charge in [0.1, 0.15) is 5.69 Å². The van der Waals surface area contributed by atoms with Crippen molar-refractivity contribution in [3.8, 4) is 0 Å². The second-order valence-corrected chi connectivity index (χ2v) is 4.97. The van der Waals surface area contributed by atoms with E-state index in [4.69, 9.17) is 0 Å². The van der Waals surface area contributed by atoms with Crippen molar-refractivity contribution in [3.63, 3.8) is 0 Å². The number of nitrogens with one attached hydrogen (secondary N) is 2. The third-order valence-corrected chi connectivity index (χ3v) is 3.37. The summed E-state index contributed by atoms with van der Waals surface area (Å²) in [4.78, 5) is 10.8. The van der Waals surface area contributed by atoms with Crippen molar-refractivity contribution in [1.29, 1.82) is 0 Å². The summed E-state index contributed by atoms with van der Waals surface area (Å²) >= 11 is 0. The fourth-order valence-corrected chi connectivity index (χ4v) is 2.35. The van der Waals surface area contributed by atoms with Crippen molar-refractivity contribution in [2.24, 2.45) is 0 Å². The molecular formula is C11H19N5O2. The summed E-state index contributed by atoms with van der Waals surface area (Å²) in [7, 11) is 0. The highest BCUT2D eigenvalue weighted by Gasteiger charge is 2.34. The quantitative estimate of drug-likeness (QED) is 0.623. The molecule has 0 aliphatic carbocycles. The van der Waals surface area contributed by atoms with E-state index >= 15 is 0 Å². The van der Waals surface area contributed by atoms with Crippen LogP contribution in [0.15, 0.2) is 0 Å². The first kappa shape index (κ1) is 12.8. The summed E-state index contributed by atoms with van der Waals surface area (Å²) in [6.45, 7) is 8.01. The van der Waals surface area contributed by atoms with Gasteiger partial charge in [-0.15, -0.1) is 0 Å². The third kappa shape index (κ3) is 2.17. The lowest BCUT2D eigenvalue weighted by atomic mass is 10.0. The van der Waals surface area contributed by atoms with Gasteiger partial charge in [-0.3, -0.25) is 10.1 Å². The Morgan fingerprint density at radius 3 is 2.89 bits per heavy atom. The van der Waals surface area contributed by atoms with Crippen LogP contribution in [0.2, 0.25) is 0 Å². The number of nitro groups is 1. The van der Waals surface area contributed by atoms with Crippen molar-refractivity contribution < 1.29 is 4.92 Å². The van der Waals surface area contributed by atoms with E-state index in [9.17, 15) is 10.1 Å². The highest BCUT2D eigenvalue weighted by Crippen LogP contribution is 2.31. The van der Waals surface area contributed by atoms with E-state index in [-0.39, 0.29) is 16.1 Å². The highest BCUT2D eigenvalue weighted by atomic mass is 16.6. The lowest BCUT2D eigenvalue weighted by Crippen LogP contribution is -2.37. The molecule has 1 atom stereocenters. The van der Waals surface area contributed by atoms with Gasteiger partial charge < -0.3 is 10.6 Å². The van der Waals surface area contributed by atoms with E-state index in [1.807, 2.05) is 6.92 Å². The van der Waals surface area contributed by atoms with E-state index in [1.54, 1.807) is 11.6 Å². The largest absolute Gasteiger partial charge is 0.358 e. The molecule has 0 saturated carbocycles. The first-order valence-corrected chi connectivity index (χ1v) is 6.17. The maximum atomic E-state index is 11.1. The minimum absolute atomic E-state index is 0.0879. The van der Waals surface area contributed by atoms with Gasteiger partial charge in [0.15, 0.2) is 0 Å². The van der Waals surface area contributed by atoms with E-state index in [2.05, 4.69) is 22.7 Å². The summed E-state index contributed by atoms with van der Waals surface area (Å²) in [5.41, 5.74) is 0.397. The van der Waals surface area contributed by atoms with Gasteiger partial charge >= 0.3 is 5.69 Å². The number of hydrogen-bond donors (Lipinski definition) is 2. The molecule has 1 saturated heterocycles. The molecule has 18 heavy (non-hydrogen) atoms. The Morgan fingerprint density at radius 2 is 2.39 bits per heavy atom. The monoisotopic (exact) mass is 253 g/mol. The average Bonchev–Trinajstić information content (AvgIpc) is 2.83. The number of nitrogens with zero attached hydrogens (tertiary/aromatic N) is 3. The number of aryl methyl sites for hydroxylation is 2. The molecule has 2 rings (SSSR count). The maximum absolute atomic E-state index is 11.1. The number of anilines is 1. The Balaban J connectivity index is 2.38. The van der Waals surface area contributed by atoms with Crippen LogP contribution in [0.5, 0.6) is 0 Å². The molecule has 0 aromatic carbocycles. The molecule has 1 aromatic rings. The van der Waals surface area contributed by atoms with Crippen molar-refractivity contribution in [3.05, 3.63) is 15.8 Å². The highest BCUT2D eigenvalue weighted by molar-refractivity contribution is 5.61. The van der Waals surface area contributed by atoms with Gasteiger partial charge in [-0.05, 0) is 33.7 Å². The Bertz CT molecular complexity index is 462. The van der Waals surface area contributed by atoms with Crippen molar-refractivity contribution >= 4 is 11.5 Å². The number of hydrogen-bond acceptors (Lipinski definition) is 5. The van der Waals surface area contributed by atoms with E-state index in [1.165, 1.54) is 0 Å². The van der Waals surface area contributed by atoms with E-state index < -0.39 is 0 Å². The molecule has 1 aromatic heterocycles. The molecule has 0 bridgehead atoms. The zero-order valence-corrected chi connectivity index (χ0v) is 11.0. The molecule has 2 N–H and O–H groups in total. The van der Waals surface area contributed by atoms with Crippen LogP contribution < -0.4 is 10.6 Å². The molecule has 100 valence electrons. The van der Waals surface area contributed by atoms with Gasteiger partial charge in [-0.1, -0.05) is 0 Å². The second kappa shape index (κ2) is 4.56. The fourth-order valence-electron chi connectivity index (χ4n) is 2.35. The zero-order valence-electron chi connectivity index (χ0n) is 11.0. The Kier molecular flexibility index (Phi) is 3.25. The topological polar surface area (TPSA) is 85.0 Å². The Hall–Kier alpha value is -1.63. The Morgan fingerprint density at radius 1 is 1.67 bits per heavy atom. The predicted octanol–water partition coefficient (Wildman–Crippen LogP) is 1.28. The maximum Gasteiger partial charge on any atom is 0.333 e. The van der Waals surface area contributed by atoms with Gasteiger partial charge in [-0.2, -0.15) is 5.10 Å². The molecule has 7 nitrogen and oxygen atoms in total. The second-order valence-electron chi connectivity index (χ2n) is 4.97. The van der Waals surface area contributed by atoms with Gasteiger partial charge in [-0.25, -0.2) is 4.68 Å². The standard InChI is InChI=1S/C11H19N5O2/c1-4-15-10(9(16(17)18)8(2)14-15)13-11(3)5-6-12-7-11/h12-13H,4-7H2,1-3H3. The minimum atomic E-state index is -0.359. The summed E-state index contributed by atoms with van der Waals surface area (Å²) in [6, 6.07) is 0. The number of aromatic nitrogens is 2. The fraction of sp³-hybridized carbons (Fsp3) is 0.727. The smallest absolute Gasteiger partial charge is 0.333 e. The first-order valence-electron chi connectivity index (χ1n) is 6.17. The van der Waals surface area contributed by atoms with Crippen molar-refractivity contribution in [2.75, 3.05) is 18.4 Å². The molecule has 2 heterocycles. The third-order valence-electron chi connectivity index (χ3n) is 3.37. The molecular weight excluding hydrogens is 234 g/mol. The van der Waals surface area contributed by atoms with Crippen LogP contribution in [0.3, 0.4) is 0 Å². The van der Waals surface area contributed by atoms with E-state index in [0.29, 0.717) is 18.1 Å². The van der Waals surface area contributed by atoms with Gasteiger partial charge in [0.25, 0.3) is 0 Å². The summed E-state index contributed by atoms with van der Waals surface area (Å²) in [5, 5.41) is 21.9. The van der Waals surface area contributed by atoms with Crippen molar-refractivity contribution in [1.82, 2.24) is 15.1 Å². The number of rotatable bonds is 4. The molecule has 1 fully saturated rings. The summed E-state index contributed by atoms with van der Waals surface area (Å²) < 4.78 is 1.66. The van der Waals surface area contributed by atoms with Gasteiger partial charge in [0.2, 0.25) is 5.82 Å². The molecule has 1 aliphatic heterocycles. The molecule has 7 heteroatoms. The minimum Gasteiger partial charge on any atom is -0.358 e. The van der Waals surface area contributed by atoms with Gasteiger partial charge in [0.05, 0.1) is 4.92 Å². The lowest BCUT2D eigenvalue weighted by Gasteiger charge is -2.25. The molecule has 1 unspecified atom stereocenters. The van der Waals surface area contributed by atoms with Crippen LogP contribution in [0, 0.1) is 17.0 Å². The van der Waals surface area contributed by atoms with Crippen LogP contribution in [0.1, 0.15) is 26.0 Å². The lowest BCUT2D eigenvalue weighted by molar-refractivity contribution is -0.384. The molecule has 0 spiro atoms. The molecule has 0 radical (unpaired) electrons. The van der Waals surface area contributed by atoms with Crippen molar-refractivity contribution in [2.45, 2.75) is 39.3 Å². The predicted molar refractivity (Wildman–Crippen MR) is 68.8 cm³/mol. The van der Waals surface area contributed by atoms with Crippen LogP contribution >= 0.6 is 0 Å². The summed E-state index contributed by atoms with van der Waals surface area (Å²) in [5.74, 6) is 0.520. The normalized spacial score (nSPS) is 23.3. The van der Waals surface area contributed by atoms with E-state index in [0.717, 1.165) is 19.5 Å². The van der Waals surface area contributed by atoms with Crippen LogP contribution in [0.4, 0.5) is 11.5 Å².